The zero-order valence-corrected chi connectivity index (χ0v) is 10.7. The minimum absolute atomic E-state index is 0.604. The first-order valence-corrected chi connectivity index (χ1v) is 6.03. The van der Waals surface area contributed by atoms with E-state index in [1.54, 1.807) is 0 Å². The number of nitrogens with zero attached hydrogens (tertiary/aromatic N) is 1. The number of pyridine rings is 1. The van der Waals surface area contributed by atoms with Crippen molar-refractivity contribution in [1.29, 1.82) is 0 Å². The third-order valence-corrected chi connectivity index (χ3v) is 3.11. The second-order valence-electron chi connectivity index (χ2n) is 4.95. The highest BCUT2D eigenvalue weighted by Crippen LogP contribution is 2.13. The predicted molar refractivity (Wildman–Crippen MR) is 64.9 cm³/mol. The molecule has 1 rings (SSSR count). The fraction of sp³-hybridized carbons (Fsp3) is 0.643. The molecular formula is C14H24N+. The Morgan fingerprint density at radius 3 is 2.33 bits per heavy atom. The molecule has 84 valence electrons. The van der Waals surface area contributed by atoms with E-state index in [1.807, 2.05) is 0 Å². The SMILES string of the molecule is CCC(C)Cc1ccc(C(C)C)[n+](C)c1. The van der Waals surface area contributed by atoms with Crippen molar-refractivity contribution in [2.45, 2.75) is 46.5 Å². The van der Waals surface area contributed by atoms with E-state index in [0.29, 0.717) is 5.92 Å². The van der Waals surface area contributed by atoms with Gasteiger partial charge in [0.2, 0.25) is 0 Å². The molecule has 15 heavy (non-hydrogen) atoms. The molecule has 0 aliphatic rings. The average molecular weight is 206 g/mol. The number of aryl methyl sites for hydroxylation is 1. The van der Waals surface area contributed by atoms with Crippen LogP contribution >= 0.6 is 0 Å². The number of hydrogen-bond donors (Lipinski definition) is 0. The maximum absolute atomic E-state index is 2.32. The first-order chi connectivity index (χ1) is 7.04. The monoisotopic (exact) mass is 206 g/mol. The normalized spacial score (nSPS) is 13.2. The van der Waals surface area contributed by atoms with Crippen molar-refractivity contribution in [3.8, 4) is 0 Å². The lowest BCUT2D eigenvalue weighted by molar-refractivity contribution is -0.680. The minimum atomic E-state index is 0.604. The predicted octanol–water partition coefficient (Wildman–Crippen LogP) is 3.22. The van der Waals surface area contributed by atoms with Gasteiger partial charge in [-0.2, -0.15) is 0 Å². The van der Waals surface area contributed by atoms with E-state index in [2.05, 4.69) is 57.6 Å². The van der Waals surface area contributed by atoms with Gasteiger partial charge in [0.15, 0.2) is 11.9 Å². The lowest BCUT2D eigenvalue weighted by atomic mass is 9.99. The van der Waals surface area contributed by atoms with Crippen molar-refractivity contribution in [2.24, 2.45) is 13.0 Å². The molecule has 1 aromatic heterocycles. The van der Waals surface area contributed by atoms with Gasteiger partial charge in [-0.15, -0.1) is 0 Å². The molecular weight excluding hydrogens is 182 g/mol. The maximum atomic E-state index is 2.32. The Balaban J connectivity index is 2.82. The van der Waals surface area contributed by atoms with Gasteiger partial charge in [-0.3, -0.25) is 0 Å². The highest BCUT2D eigenvalue weighted by molar-refractivity contribution is 5.11. The van der Waals surface area contributed by atoms with Gasteiger partial charge < -0.3 is 0 Å². The van der Waals surface area contributed by atoms with Crippen molar-refractivity contribution >= 4 is 0 Å². The standard InChI is InChI=1S/C14H24N/c1-6-12(4)9-13-7-8-14(11(2)3)15(5)10-13/h7-8,10-12H,6,9H2,1-5H3/q+1. The smallest absolute Gasteiger partial charge is 0.183 e. The van der Waals surface area contributed by atoms with E-state index < -0.39 is 0 Å². The minimum Gasteiger partial charge on any atom is -0.205 e. The van der Waals surface area contributed by atoms with Crippen molar-refractivity contribution < 1.29 is 4.57 Å². The van der Waals surface area contributed by atoms with Crippen LogP contribution in [0.2, 0.25) is 0 Å². The number of aromatic nitrogens is 1. The van der Waals surface area contributed by atoms with Gasteiger partial charge in [-0.25, -0.2) is 4.57 Å². The second-order valence-corrected chi connectivity index (χ2v) is 4.95. The Bertz CT molecular complexity index is 315. The van der Waals surface area contributed by atoms with E-state index in [4.69, 9.17) is 0 Å². The quantitative estimate of drug-likeness (QED) is 0.666. The molecule has 0 aliphatic heterocycles. The van der Waals surface area contributed by atoms with Crippen LogP contribution in [0, 0.1) is 5.92 Å². The summed E-state index contributed by atoms with van der Waals surface area (Å²) in [4.78, 5) is 0. The summed E-state index contributed by atoms with van der Waals surface area (Å²) in [5.74, 6) is 1.39. The molecule has 0 bridgehead atoms. The van der Waals surface area contributed by atoms with Gasteiger partial charge in [0.05, 0.1) is 0 Å². The summed E-state index contributed by atoms with van der Waals surface area (Å²) in [7, 11) is 2.15. The third-order valence-electron chi connectivity index (χ3n) is 3.11. The average Bonchev–Trinajstić information content (AvgIpc) is 2.17. The maximum Gasteiger partial charge on any atom is 0.183 e. The van der Waals surface area contributed by atoms with Crippen LogP contribution < -0.4 is 4.57 Å². The Kier molecular flexibility index (Phi) is 4.31. The molecule has 1 atom stereocenters. The van der Waals surface area contributed by atoms with Crippen LogP contribution in [0.25, 0.3) is 0 Å². The zero-order chi connectivity index (χ0) is 11.4. The van der Waals surface area contributed by atoms with Crippen molar-refractivity contribution in [1.82, 2.24) is 0 Å². The summed E-state index contributed by atoms with van der Waals surface area (Å²) >= 11 is 0. The van der Waals surface area contributed by atoms with Crippen molar-refractivity contribution in [2.75, 3.05) is 0 Å². The van der Waals surface area contributed by atoms with Gasteiger partial charge in [0.1, 0.15) is 7.05 Å². The van der Waals surface area contributed by atoms with Crippen LogP contribution in [0.3, 0.4) is 0 Å². The Morgan fingerprint density at radius 2 is 1.87 bits per heavy atom. The molecule has 0 N–H and O–H groups in total. The summed E-state index contributed by atoms with van der Waals surface area (Å²) in [6, 6.07) is 4.55. The van der Waals surface area contributed by atoms with E-state index in [9.17, 15) is 0 Å². The first kappa shape index (κ1) is 12.2. The molecule has 1 aromatic rings. The van der Waals surface area contributed by atoms with Crippen molar-refractivity contribution in [3.63, 3.8) is 0 Å². The fourth-order valence-corrected chi connectivity index (χ4v) is 1.94. The highest BCUT2D eigenvalue weighted by Gasteiger charge is 2.12. The summed E-state index contributed by atoms with van der Waals surface area (Å²) < 4.78 is 2.27. The molecule has 0 radical (unpaired) electrons. The fourth-order valence-electron chi connectivity index (χ4n) is 1.94. The summed E-state index contributed by atoms with van der Waals surface area (Å²) in [5, 5.41) is 0. The first-order valence-electron chi connectivity index (χ1n) is 6.03. The van der Waals surface area contributed by atoms with Gasteiger partial charge in [0.25, 0.3) is 0 Å². The van der Waals surface area contributed by atoms with Crippen LogP contribution in [0.5, 0.6) is 0 Å². The molecule has 0 aromatic carbocycles. The van der Waals surface area contributed by atoms with Crippen LogP contribution in [0.4, 0.5) is 0 Å². The highest BCUT2D eigenvalue weighted by atomic mass is 14.9. The molecule has 0 aliphatic carbocycles. The van der Waals surface area contributed by atoms with Gasteiger partial charge >= 0.3 is 0 Å². The molecule has 1 nitrogen and oxygen atoms in total. The molecule has 0 saturated heterocycles. The topological polar surface area (TPSA) is 3.88 Å². The summed E-state index contributed by atoms with van der Waals surface area (Å²) in [6.45, 7) is 9.05. The van der Waals surface area contributed by atoms with Gasteiger partial charge in [-0.1, -0.05) is 34.1 Å². The molecule has 0 spiro atoms. The number of rotatable bonds is 4. The Labute approximate surface area is 94.1 Å². The summed E-state index contributed by atoms with van der Waals surface area (Å²) in [6.07, 6.45) is 4.74. The molecule has 0 amide bonds. The summed E-state index contributed by atoms with van der Waals surface area (Å²) in [5.41, 5.74) is 2.86. The molecule has 0 fully saturated rings. The van der Waals surface area contributed by atoms with Crippen LogP contribution in [-0.4, -0.2) is 0 Å². The Morgan fingerprint density at radius 1 is 1.20 bits per heavy atom. The van der Waals surface area contributed by atoms with E-state index in [1.165, 1.54) is 24.1 Å². The molecule has 1 unspecified atom stereocenters. The van der Waals surface area contributed by atoms with Crippen LogP contribution in [-0.2, 0) is 13.5 Å². The van der Waals surface area contributed by atoms with Gasteiger partial charge in [-0.05, 0) is 18.4 Å². The van der Waals surface area contributed by atoms with Gasteiger partial charge in [0, 0.05) is 17.5 Å². The van der Waals surface area contributed by atoms with Crippen molar-refractivity contribution in [3.05, 3.63) is 29.6 Å². The zero-order valence-electron chi connectivity index (χ0n) is 10.7. The lowest BCUT2D eigenvalue weighted by Gasteiger charge is -2.09. The van der Waals surface area contributed by atoms with Crippen LogP contribution in [0.1, 0.15) is 51.3 Å². The van der Waals surface area contributed by atoms with E-state index >= 15 is 0 Å². The molecule has 1 heterocycles. The van der Waals surface area contributed by atoms with E-state index in [0.717, 1.165) is 5.92 Å². The second kappa shape index (κ2) is 5.29. The van der Waals surface area contributed by atoms with Crippen LogP contribution in [0.15, 0.2) is 18.3 Å². The third kappa shape index (κ3) is 3.33. The molecule has 1 heteroatoms. The lowest BCUT2D eigenvalue weighted by Crippen LogP contribution is -2.34. The largest absolute Gasteiger partial charge is 0.205 e. The molecule has 0 saturated carbocycles. The van der Waals surface area contributed by atoms with E-state index in [-0.39, 0.29) is 0 Å². The Hall–Kier alpha value is -0.850. The number of hydrogen-bond acceptors (Lipinski definition) is 0.